The van der Waals surface area contributed by atoms with Crippen molar-refractivity contribution >= 4 is 17.2 Å². The number of carbonyl (C=O) groups is 1. The van der Waals surface area contributed by atoms with E-state index in [2.05, 4.69) is 10.3 Å². The lowest BCUT2D eigenvalue weighted by Crippen LogP contribution is -2.43. The van der Waals surface area contributed by atoms with Crippen molar-refractivity contribution in [2.45, 2.75) is 31.7 Å². The second kappa shape index (κ2) is 6.64. The van der Waals surface area contributed by atoms with E-state index >= 15 is 0 Å². The molecular weight excluding hydrogens is 324 g/mol. The van der Waals surface area contributed by atoms with Gasteiger partial charge in [0.2, 0.25) is 5.91 Å². The first-order chi connectivity index (χ1) is 11.7. The topological polar surface area (TPSA) is 60.2 Å². The van der Waals surface area contributed by atoms with Crippen LogP contribution in [0.2, 0.25) is 0 Å². The summed E-state index contributed by atoms with van der Waals surface area (Å²) in [6.45, 7) is 2.01. The summed E-state index contributed by atoms with van der Waals surface area (Å²) in [5.74, 6) is 0.860. The van der Waals surface area contributed by atoms with Gasteiger partial charge in [-0.15, -0.1) is 16.4 Å². The highest BCUT2D eigenvalue weighted by Crippen LogP contribution is 2.32. The number of hydrogen-bond acceptors (Lipinski definition) is 5. The number of nitrogens with zero attached hydrogens (tertiary/aromatic N) is 4. The highest BCUT2D eigenvalue weighted by molar-refractivity contribution is 7.10. The molecule has 0 N–H and O–H groups in total. The standard InChI is InChI=1S/C17H22N4O2S/c1-20-14-6-7-21(16(22)9-13-3-2-8-24-13)15(17(14)18-19-20)11-23-10-12-4-5-12/h2-3,8,12,15H,4-7,9-11H2,1H3/t15-/m0/s1. The second-order valence-corrected chi connectivity index (χ2v) is 7.67. The van der Waals surface area contributed by atoms with Gasteiger partial charge in [-0.05, 0) is 30.2 Å². The number of fused-ring (bicyclic) bond motifs is 1. The molecule has 3 heterocycles. The zero-order chi connectivity index (χ0) is 16.5. The van der Waals surface area contributed by atoms with Crippen LogP contribution in [0.4, 0.5) is 0 Å². The average molecular weight is 346 g/mol. The van der Waals surface area contributed by atoms with Gasteiger partial charge in [-0.2, -0.15) is 0 Å². The summed E-state index contributed by atoms with van der Waals surface area (Å²) in [6.07, 6.45) is 3.78. The van der Waals surface area contributed by atoms with Gasteiger partial charge in [-0.25, -0.2) is 0 Å². The predicted octanol–water partition coefficient (Wildman–Crippen LogP) is 1.97. The maximum absolute atomic E-state index is 12.8. The number of aryl methyl sites for hydroxylation is 1. The summed E-state index contributed by atoms with van der Waals surface area (Å²) in [5, 5.41) is 10.5. The van der Waals surface area contributed by atoms with Crippen molar-refractivity contribution in [1.29, 1.82) is 0 Å². The molecule has 6 nitrogen and oxygen atoms in total. The van der Waals surface area contributed by atoms with Crippen molar-refractivity contribution in [2.75, 3.05) is 19.8 Å². The number of aromatic nitrogens is 3. The summed E-state index contributed by atoms with van der Waals surface area (Å²) >= 11 is 1.63. The minimum Gasteiger partial charge on any atom is -0.379 e. The van der Waals surface area contributed by atoms with Crippen molar-refractivity contribution in [3.8, 4) is 0 Å². The quantitative estimate of drug-likeness (QED) is 0.802. The summed E-state index contributed by atoms with van der Waals surface area (Å²) in [5.41, 5.74) is 2.02. The fraction of sp³-hybridized carbons (Fsp3) is 0.588. The SMILES string of the molecule is Cn1nnc2c1CCN(C(=O)Cc1cccs1)[C@H]2COCC1CC1. The van der Waals surface area contributed by atoms with Crippen LogP contribution in [0.25, 0.3) is 0 Å². The number of carbonyl (C=O) groups excluding carboxylic acids is 1. The van der Waals surface area contributed by atoms with Gasteiger partial charge >= 0.3 is 0 Å². The largest absolute Gasteiger partial charge is 0.379 e. The van der Waals surface area contributed by atoms with E-state index in [1.165, 1.54) is 12.8 Å². The zero-order valence-corrected chi connectivity index (χ0v) is 14.7. The van der Waals surface area contributed by atoms with Crippen LogP contribution in [0.3, 0.4) is 0 Å². The van der Waals surface area contributed by atoms with E-state index in [1.54, 1.807) is 11.3 Å². The Labute approximate surface area is 145 Å². The fourth-order valence-corrected chi connectivity index (χ4v) is 3.93. The van der Waals surface area contributed by atoms with Crippen LogP contribution < -0.4 is 0 Å². The average Bonchev–Trinajstić information content (AvgIpc) is 3.11. The Morgan fingerprint density at radius 3 is 3.04 bits per heavy atom. The molecule has 2 aliphatic rings. The molecular formula is C17H22N4O2S. The van der Waals surface area contributed by atoms with Gasteiger partial charge < -0.3 is 9.64 Å². The summed E-state index contributed by atoms with van der Waals surface area (Å²) < 4.78 is 7.73. The molecule has 0 bridgehead atoms. The molecule has 0 spiro atoms. The minimum absolute atomic E-state index is 0.117. The summed E-state index contributed by atoms with van der Waals surface area (Å²) in [6, 6.07) is 3.88. The first kappa shape index (κ1) is 15.8. The lowest BCUT2D eigenvalue weighted by Gasteiger charge is -2.34. The molecule has 24 heavy (non-hydrogen) atoms. The molecule has 7 heteroatoms. The Balaban J connectivity index is 1.50. The van der Waals surface area contributed by atoms with Crippen LogP contribution in [0.1, 0.15) is 35.1 Å². The maximum Gasteiger partial charge on any atom is 0.228 e. The van der Waals surface area contributed by atoms with E-state index < -0.39 is 0 Å². The van der Waals surface area contributed by atoms with Crippen molar-refractivity contribution in [1.82, 2.24) is 19.9 Å². The number of amides is 1. The minimum atomic E-state index is -0.117. The van der Waals surface area contributed by atoms with E-state index in [9.17, 15) is 4.79 Å². The van der Waals surface area contributed by atoms with E-state index in [-0.39, 0.29) is 11.9 Å². The van der Waals surface area contributed by atoms with Gasteiger partial charge in [-0.1, -0.05) is 11.3 Å². The molecule has 1 saturated carbocycles. The summed E-state index contributed by atoms with van der Waals surface area (Å²) in [7, 11) is 1.91. The first-order valence-electron chi connectivity index (χ1n) is 8.50. The third-order valence-electron chi connectivity index (χ3n) is 4.81. The molecule has 1 atom stereocenters. The van der Waals surface area contributed by atoms with Crippen LogP contribution in [-0.2, 0) is 29.4 Å². The van der Waals surface area contributed by atoms with Crippen LogP contribution in [0.5, 0.6) is 0 Å². The molecule has 1 aliphatic carbocycles. The third kappa shape index (κ3) is 3.23. The van der Waals surface area contributed by atoms with Gasteiger partial charge in [0, 0.05) is 31.5 Å². The monoisotopic (exact) mass is 346 g/mol. The molecule has 4 rings (SSSR count). The third-order valence-corrected chi connectivity index (χ3v) is 5.68. The smallest absolute Gasteiger partial charge is 0.228 e. The molecule has 128 valence electrons. The normalized spacial score (nSPS) is 20.2. The Hall–Kier alpha value is -1.73. The Kier molecular flexibility index (Phi) is 4.37. The lowest BCUT2D eigenvalue weighted by molar-refractivity contribution is -0.135. The molecule has 0 saturated heterocycles. The van der Waals surface area contributed by atoms with Crippen molar-refractivity contribution in [3.63, 3.8) is 0 Å². The highest BCUT2D eigenvalue weighted by atomic mass is 32.1. The molecule has 0 unspecified atom stereocenters. The first-order valence-corrected chi connectivity index (χ1v) is 9.38. The number of thiophene rings is 1. The lowest BCUT2D eigenvalue weighted by atomic mass is 10.0. The van der Waals surface area contributed by atoms with E-state index in [0.717, 1.165) is 29.3 Å². The van der Waals surface area contributed by atoms with Gasteiger partial charge in [0.25, 0.3) is 0 Å². The Bertz CT molecular complexity index is 708. The molecule has 2 aromatic rings. The molecule has 0 radical (unpaired) electrons. The van der Waals surface area contributed by atoms with Gasteiger partial charge in [0.1, 0.15) is 11.7 Å². The fourth-order valence-electron chi connectivity index (χ4n) is 3.23. The molecule has 1 fully saturated rings. The number of rotatable bonds is 6. The van der Waals surface area contributed by atoms with Crippen molar-refractivity contribution in [2.24, 2.45) is 13.0 Å². The Morgan fingerprint density at radius 1 is 1.42 bits per heavy atom. The van der Waals surface area contributed by atoms with Crippen LogP contribution >= 0.6 is 11.3 Å². The molecule has 0 aromatic carbocycles. The van der Waals surface area contributed by atoms with E-state index in [4.69, 9.17) is 4.74 Å². The second-order valence-electron chi connectivity index (χ2n) is 6.63. The summed E-state index contributed by atoms with van der Waals surface area (Å²) in [4.78, 5) is 15.9. The highest BCUT2D eigenvalue weighted by Gasteiger charge is 2.35. The number of ether oxygens (including phenoxy) is 1. The van der Waals surface area contributed by atoms with Gasteiger partial charge in [0.05, 0.1) is 18.7 Å². The van der Waals surface area contributed by atoms with Crippen molar-refractivity contribution < 1.29 is 9.53 Å². The predicted molar refractivity (Wildman–Crippen MR) is 90.7 cm³/mol. The van der Waals surface area contributed by atoms with E-state index in [0.29, 0.717) is 25.5 Å². The van der Waals surface area contributed by atoms with Gasteiger partial charge in [-0.3, -0.25) is 9.48 Å². The Morgan fingerprint density at radius 2 is 2.29 bits per heavy atom. The molecule has 1 amide bonds. The van der Waals surface area contributed by atoms with Crippen LogP contribution in [0, 0.1) is 5.92 Å². The number of hydrogen-bond donors (Lipinski definition) is 0. The molecule has 1 aliphatic heterocycles. The van der Waals surface area contributed by atoms with E-state index in [1.807, 2.05) is 34.1 Å². The zero-order valence-electron chi connectivity index (χ0n) is 13.9. The molecule has 2 aromatic heterocycles. The van der Waals surface area contributed by atoms with Crippen LogP contribution in [-0.4, -0.2) is 45.6 Å². The van der Waals surface area contributed by atoms with Crippen LogP contribution in [0.15, 0.2) is 17.5 Å². The maximum atomic E-state index is 12.8. The van der Waals surface area contributed by atoms with Gasteiger partial charge in [0.15, 0.2) is 0 Å². The van der Waals surface area contributed by atoms with Crippen molar-refractivity contribution in [3.05, 3.63) is 33.8 Å².